The van der Waals surface area contributed by atoms with Crippen molar-refractivity contribution in [2.24, 2.45) is 4.99 Å². The molecule has 0 saturated carbocycles. The van der Waals surface area contributed by atoms with Gasteiger partial charge in [-0.1, -0.05) is 33.6 Å². The molecule has 3 aromatic rings. The van der Waals surface area contributed by atoms with Crippen LogP contribution >= 0.6 is 15.9 Å². The molecule has 0 fully saturated rings. The van der Waals surface area contributed by atoms with Gasteiger partial charge in [-0.25, -0.2) is 0 Å². The number of alkyl halides is 3. The predicted octanol–water partition coefficient (Wildman–Crippen LogP) is 7.23. The molecule has 9 heteroatoms. The Kier molecular flexibility index (Phi) is 6.21. The molecule has 3 rings (SSSR count). The van der Waals surface area contributed by atoms with Crippen molar-refractivity contribution in [2.45, 2.75) is 13.1 Å². The Balaban J connectivity index is 1.97. The zero-order chi connectivity index (χ0) is 21.9. The molecule has 0 radical (unpaired) electrons. The van der Waals surface area contributed by atoms with E-state index in [9.17, 15) is 23.3 Å². The smallest absolute Gasteiger partial charge is 0.416 e. The van der Waals surface area contributed by atoms with E-state index >= 15 is 0 Å². The number of halogens is 4. The van der Waals surface area contributed by atoms with Gasteiger partial charge in [0.25, 0.3) is 0 Å². The highest BCUT2D eigenvalue weighted by Gasteiger charge is 2.33. The second-order valence-electron chi connectivity index (χ2n) is 6.32. The average molecular weight is 479 g/mol. The van der Waals surface area contributed by atoms with E-state index in [-0.39, 0.29) is 11.5 Å². The van der Waals surface area contributed by atoms with E-state index in [1.54, 1.807) is 18.2 Å². The van der Waals surface area contributed by atoms with E-state index in [1.165, 1.54) is 6.21 Å². The van der Waals surface area contributed by atoms with Crippen LogP contribution in [0.5, 0.6) is 11.5 Å². The minimum Gasteiger partial charge on any atom is -0.449 e. The normalized spacial score (nSPS) is 11.6. The topological polar surface area (TPSA) is 64.7 Å². The van der Waals surface area contributed by atoms with E-state index in [0.717, 1.165) is 17.7 Å². The standard InChI is InChI=1S/C21H14BrF3N2O3/c1-13-2-6-17(7-3-13)26-12-14-10-16(22)5-9-19(14)30-20-8-4-15(21(23,24)25)11-18(20)27(28)29/h2-12H,1H3. The molecule has 0 heterocycles. The molecule has 0 N–H and O–H groups in total. The van der Waals surface area contributed by atoms with Crippen molar-refractivity contribution in [3.8, 4) is 11.5 Å². The lowest BCUT2D eigenvalue weighted by atomic mass is 10.1. The van der Waals surface area contributed by atoms with Crippen molar-refractivity contribution in [1.29, 1.82) is 0 Å². The van der Waals surface area contributed by atoms with Crippen LogP contribution in [0.3, 0.4) is 0 Å². The zero-order valence-electron chi connectivity index (χ0n) is 15.5. The minimum atomic E-state index is -4.70. The Labute approximate surface area is 178 Å². The van der Waals surface area contributed by atoms with Crippen LogP contribution in [0, 0.1) is 17.0 Å². The average Bonchev–Trinajstić information content (AvgIpc) is 2.68. The first kappa shape index (κ1) is 21.5. The number of hydrogen-bond acceptors (Lipinski definition) is 4. The summed E-state index contributed by atoms with van der Waals surface area (Å²) in [6.45, 7) is 1.95. The second-order valence-corrected chi connectivity index (χ2v) is 7.23. The van der Waals surface area contributed by atoms with E-state index < -0.39 is 22.4 Å². The van der Waals surface area contributed by atoms with Gasteiger partial charge in [-0.15, -0.1) is 0 Å². The molecule has 0 aliphatic heterocycles. The lowest BCUT2D eigenvalue weighted by molar-refractivity contribution is -0.385. The first-order valence-electron chi connectivity index (χ1n) is 8.57. The van der Waals surface area contributed by atoms with Gasteiger partial charge in [0.15, 0.2) is 0 Å². The van der Waals surface area contributed by atoms with Gasteiger partial charge in [-0.2, -0.15) is 13.2 Å². The van der Waals surface area contributed by atoms with Crippen LogP contribution in [0.25, 0.3) is 0 Å². The molecule has 154 valence electrons. The summed E-state index contributed by atoms with van der Waals surface area (Å²) in [5.41, 5.74) is 0.342. The third-order valence-electron chi connectivity index (χ3n) is 4.06. The van der Waals surface area contributed by atoms with Crippen molar-refractivity contribution >= 4 is 33.5 Å². The monoisotopic (exact) mass is 478 g/mol. The molecule has 0 saturated heterocycles. The molecular formula is C21H14BrF3N2O3. The summed E-state index contributed by atoms with van der Waals surface area (Å²) in [6, 6.07) is 14.4. The van der Waals surface area contributed by atoms with Crippen molar-refractivity contribution in [3.63, 3.8) is 0 Å². The molecule has 30 heavy (non-hydrogen) atoms. The molecule has 0 unspecified atom stereocenters. The summed E-state index contributed by atoms with van der Waals surface area (Å²) in [4.78, 5) is 14.7. The Hall–Kier alpha value is -3.20. The number of aryl methyl sites for hydroxylation is 1. The van der Waals surface area contributed by atoms with Crippen molar-refractivity contribution in [1.82, 2.24) is 0 Å². The van der Waals surface area contributed by atoms with Gasteiger partial charge in [0.1, 0.15) is 5.75 Å². The van der Waals surface area contributed by atoms with Gasteiger partial charge in [0.2, 0.25) is 5.75 Å². The molecule has 3 aromatic carbocycles. The maximum atomic E-state index is 12.9. The fourth-order valence-corrected chi connectivity index (χ4v) is 2.91. The molecule has 0 aliphatic carbocycles. The fraction of sp³-hybridized carbons (Fsp3) is 0.0952. The highest BCUT2D eigenvalue weighted by Crippen LogP contribution is 2.38. The first-order valence-corrected chi connectivity index (χ1v) is 9.36. The molecule has 0 atom stereocenters. The number of aliphatic imine (C=N–C) groups is 1. The third kappa shape index (κ3) is 5.24. The number of rotatable bonds is 5. The lowest BCUT2D eigenvalue weighted by Crippen LogP contribution is -2.06. The van der Waals surface area contributed by atoms with Gasteiger partial charge in [0.05, 0.1) is 16.2 Å². The van der Waals surface area contributed by atoms with E-state index in [0.29, 0.717) is 21.8 Å². The molecule has 0 bridgehead atoms. The zero-order valence-corrected chi connectivity index (χ0v) is 17.1. The van der Waals surface area contributed by atoms with Crippen molar-refractivity contribution in [3.05, 3.63) is 91.9 Å². The summed E-state index contributed by atoms with van der Waals surface area (Å²) in [5, 5.41) is 11.3. The summed E-state index contributed by atoms with van der Waals surface area (Å²) in [6.07, 6.45) is -3.19. The Morgan fingerprint density at radius 1 is 1.03 bits per heavy atom. The van der Waals surface area contributed by atoms with Crippen LogP contribution in [-0.4, -0.2) is 11.1 Å². The summed E-state index contributed by atoms with van der Waals surface area (Å²) >= 11 is 3.34. The van der Waals surface area contributed by atoms with Gasteiger partial charge >= 0.3 is 11.9 Å². The van der Waals surface area contributed by atoms with Crippen molar-refractivity contribution < 1.29 is 22.8 Å². The lowest BCUT2D eigenvalue weighted by Gasteiger charge is -2.12. The maximum Gasteiger partial charge on any atom is 0.416 e. The number of hydrogen-bond donors (Lipinski definition) is 0. The van der Waals surface area contributed by atoms with Gasteiger partial charge < -0.3 is 4.74 Å². The largest absolute Gasteiger partial charge is 0.449 e. The number of benzene rings is 3. The molecule has 0 spiro atoms. The molecular weight excluding hydrogens is 465 g/mol. The predicted molar refractivity (Wildman–Crippen MR) is 111 cm³/mol. The molecule has 5 nitrogen and oxygen atoms in total. The van der Waals surface area contributed by atoms with Crippen LogP contribution in [0.4, 0.5) is 24.5 Å². The number of nitro benzene ring substituents is 1. The van der Waals surface area contributed by atoms with E-state index in [4.69, 9.17) is 4.74 Å². The maximum absolute atomic E-state index is 12.9. The summed E-state index contributed by atoms with van der Waals surface area (Å²) in [5.74, 6) is -0.0998. The molecule has 0 amide bonds. The Morgan fingerprint density at radius 2 is 1.70 bits per heavy atom. The van der Waals surface area contributed by atoms with Gasteiger partial charge in [-0.05, 0) is 49.4 Å². The van der Waals surface area contributed by atoms with Gasteiger partial charge in [-0.3, -0.25) is 15.1 Å². The van der Waals surface area contributed by atoms with Gasteiger partial charge in [0, 0.05) is 22.3 Å². The first-order chi connectivity index (χ1) is 14.1. The minimum absolute atomic E-state index is 0.205. The number of ether oxygens (including phenoxy) is 1. The van der Waals surface area contributed by atoms with E-state index in [2.05, 4.69) is 20.9 Å². The molecule has 0 aliphatic rings. The van der Waals surface area contributed by atoms with Crippen LogP contribution in [-0.2, 0) is 6.18 Å². The summed E-state index contributed by atoms with van der Waals surface area (Å²) < 4.78 is 45.0. The Bertz CT molecular complexity index is 1110. The highest BCUT2D eigenvalue weighted by molar-refractivity contribution is 9.10. The number of nitrogens with zero attached hydrogens (tertiary/aromatic N) is 2. The van der Waals surface area contributed by atoms with E-state index in [1.807, 2.05) is 31.2 Å². The van der Waals surface area contributed by atoms with Crippen LogP contribution in [0.1, 0.15) is 16.7 Å². The molecule has 0 aromatic heterocycles. The fourth-order valence-electron chi connectivity index (χ4n) is 2.53. The summed E-state index contributed by atoms with van der Waals surface area (Å²) in [7, 11) is 0. The Morgan fingerprint density at radius 3 is 2.33 bits per heavy atom. The quantitative estimate of drug-likeness (QED) is 0.220. The van der Waals surface area contributed by atoms with Crippen LogP contribution < -0.4 is 4.74 Å². The van der Waals surface area contributed by atoms with Crippen LogP contribution in [0.2, 0.25) is 0 Å². The third-order valence-corrected chi connectivity index (χ3v) is 4.55. The SMILES string of the molecule is Cc1ccc(N=Cc2cc(Br)ccc2Oc2ccc(C(F)(F)F)cc2[N+](=O)[O-])cc1. The second kappa shape index (κ2) is 8.66. The van der Waals surface area contributed by atoms with Crippen LogP contribution in [0.15, 0.2) is 70.1 Å². The highest BCUT2D eigenvalue weighted by atomic mass is 79.9. The number of nitro groups is 1. The van der Waals surface area contributed by atoms with Crippen molar-refractivity contribution in [2.75, 3.05) is 0 Å².